The number of rotatable bonds is 9. The lowest BCUT2D eigenvalue weighted by Gasteiger charge is -2.20. The van der Waals surface area contributed by atoms with Gasteiger partial charge in [0, 0.05) is 11.1 Å². The molecule has 0 spiro atoms. The normalized spacial score (nSPS) is 13.8. The molecule has 8 nitrogen and oxygen atoms in total. The summed E-state index contributed by atoms with van der Waals surface area (Å²) in [4.78, 5) is 37.5. The van der Waals surface area contributed by atoms with Gasteiger partial charge in [-0.25, -0.2) is 0 Å². The number of thioether (sulfide) groups is 1. The van der Waals surface area contributed by atoms with E-state index in [1.54, 1.807) is 57.7 Å². The Morgan fingerprint density at radius 2 is 1.76 bits per heavy atom. The van der Waals surface area contributed by atoms with Gasteiger partial charge in [0.05, 0.1) is 32.3 Å². The molecule has 38 heavy (non-hydrogen) atoms. The van der Waals surface area contributed by atoms with Gasteiger partial charge in [0.1, 0.15) is 12.0 Å². The molecule has 198 valence electrons. The van der Waals surface area contributed by atoms with Gasteiger partial charge in [0.15, 0.2) is 23.5 Å². The van der Waals surface area contributed by atoms with Crippen molar-refractivity contribution in [2.75, 3.05) is 34.2 Å². The third-order valence-corrected chi connectivity index (χ3v) is 7.22. The summed E-state index contributed by atoms with van der Waals surface area (Å²) in [5.41, 5.74) is 3.59. The van der Waals surface area contributed by atoms with Crippen LogP contribution in [0.1, 0.15) is 33.9 Å². The maximum Gasteiger partial charge on any atom is 0.258 e. The highest BCUT2D eigenvalue weighted by Gasteiger charge is 2.29. The zero-order chi connectivity index (χ0) is 27.2. The molecule has 9 heteroatoms. The SMILES string of the molecule is COc1cc2c(c(OC)c1OC)-c1ccc(SC)c(=O)cc1C(NC(=O)COc1ccc(C=O)cc1)CC2. The summed E-state index contributed by atoms with van der Waals surface area (Å²) in [5, 5.41) is 3.05. The first-order chi connectivity index (χ1) is 18.4. The fourth-order valence-electron chi connectivity index (χ4n) is 4.64. The lowest BCUT2D eigenvalue weighted by atomic mass is 9.95. The molecule has 0 radical (unpaired) electrons. The Kier molecular flexibility index (Phi) is 8.58. The molecule has 0 bridgehead atoms. The molecule has 4 rings (SSSR count). The number of hydrogen-bond acceptors (Lipinski definition) is 8. The van der Waals surface area contributed by atoms with Crippen molar-refractivity contribution in [1.29, 1.82) is 0 Å². The minimum atomic E-state index is -0.456. The van der Waals surface area contributed by atoms with E-state index >= 15 is 0 Å². The minimum absolute atomic E-state index is 0.132. The van der Waals surface area contributed by atoms with Gasteiger partial charge in [-0.1, -0.05) is 6.07 Å². The van der Waals surface area contributed by atoms with Crippen molar-refractivity contribution in [2.24, 2.45) is 0 Å². The number of ether oxygens (including phenoxy) is 4. The number of benzene rings is 2. The molecule has 1 unspecified atom stereocenters. The van der Waals surface area contributed by atoms with Gasteiger partial charge >= 0.3 is 0 Å². The average Bonchev–Trinajstić information content (AvgIpc) is 3.19. The number of nitrogens with one attached hydrogen (secondary N) is 1. The zero-order valence-electron chi connectivity index (χ0n) is 21.7. The molecule has 0 saturated carbocycles. The van der Waals surface area contributed by atoms with E-state index in [0.717, 1.165) is 23.0 Å². The van der Waals surface area contributed by atoms with Crippen LogP contribution < -0.4 is 29.7 Å². The van der Waals surface area contributed by atoms with E-state index in [-0.39, 0.29) is 17.9 Å². The molecule has 1 N–H and O–H groups in total. The number of fused-ring (bicyclic) bond motifs is 3. The van der Waals surface area contributed by atoms with Crippen molar-refractivity contribution in [3.63, 3.8) is 0 Å². The molecule has 1 atom stereocenters. The second-order valence-electron chi connectivity index (χ2n) is 8.59. The first kappa shape index (κ1) is 27.1. The van der Waals surface area contributed by atoms with Crippen LogP contribution in [0.2, 0.25) is 0 Å². The number of aryl methyl sites for hydroxylation is 1. The molecule has 0 fully saturated rings. The summed E-state index contributed by atoms with van der Waals surface area (Å²) >= 11 is 1.36. The standard InChI is InChI=1S/C29H29NO7S/c1-34-24-13-18-7-11-22(30-26(33)16-37-19-8-5-17(15-31)6-9-19)21-14-23(32)25(38-4)12-10-20(21)27(18)29(36-3)28(24)35-2/h5-6,8-10,12-15,22H,7,11,16H2,1-4H3,(H,30,33). The second-order valence-corrected chi connectivity index (χ2v) is 9.44. The highest BCUT2D eigenvalue weighted by molar-refractivity contribution is 7.98. The molecule has 1 amide bonds. The lowest BCUT2D eigenvalue weighted by molar-refractivity contribution is -0.123. The Hall–Kier alpha value is -3.98. The molecule has 3 aromatic carbocycles. The lowest BCUT2D eigenvalue weighted by Crippen LogP contribution is -2.33. The van der Waals surface area contributed by atoms with Crippen LogP contribution in [0, 0.1) is 0 Å². The number of amides is 1. The van der Waals surface area contributed by atoms with E-state index in [4.69, 9.17) is 18.9 Å². The van der Waals surface area contributed by atoms with Crippen molar-refractivity contribution < 1.29 is 28.5 Å². The average molecular weight is 536 g/mol. The Labute approximate surface area is 225 Å². The Bertz CT molecular complexity index is 1410. The van der Waals surface area contributed by atoms with E-state index in [9.17, 15) is 14.4 Å². The fraction of sp³-hybridized carbons (Fsp3) is 0.276. The van der Waals surface area contributed by atoms with Gasteiger partial charge in [-0.3, -0.25) is 14.4 Å². The first-order valence-corrected chi connectivity index (χ1v) is 13.2. The summed E-state index contributed by atoms with van der Waals surface area (Å²) in [5.74, 6) is 1.63. The van der Waals surface area contributed by atoms with Gasteiger partial charge in [0.2, 0.25) is 5.75 Å². The first-order valence-electron chi connectivity index (χ1n) is 12.0. The van der Waals surface area contributed by atoms with Crippen molar-refractivity contribution in [1.82, 2.24) is 5.32 Å². The minimum Gasteiger partial charge on any atom is -0.493 e. The summed E-state index contributed by atoms with van der Waals surface area (Å²) < 4.78 is 22.6. The molecule has 0 aliphatic heterocycles. The monoisotopic (exact) mass is 535 g/mol. The molecular formula is C29H29NO7S. The van der Waals surface area contributed by atoms with Gasteiger partial charge in [0.25, 0.3) is 5.91 Å². The predicted octanol–water partition coefficient (Wildman–Crippen LogP) is 4.46. The fourth-order valence-corrected chi connectivity index (χ4v) is 5.11. The molecule has 0 saturated heterocycles. The molecule has 1 aliphatic carbocycles. The smallest absolute Gasteiger partial charge is 0.258 e. The molecular weight excluding hydrogens is 506 g/mol. The van der Waals surface area contributed by atoms with E-state index in [2.05, 4.69) is 5.32 Å². The van der Waals surface area contributed by atoms with E-state index in [0.29, 0.717) is 51.9 Å². The highest BCUT2D eigenvalue weighted by atomic mass is 32.2. The maximum absolute atomic E-state index is 13.1. The zero-order valence-corrected chi connectivity index (χ0v) is 22.5. The van der Waals surface area contributed by atoms with E-state index < -0.39 is 6.04 Å². The van der Waals surface area contributed by atoms with Crippen molar-refractivity contribution in [2.45, 2.75) is 23.8 Å². The van der Waals surface area contributed by atoms with Gasteiger partial charge in [-0.2, -0.15) is 0 Å². The van der Waals surface area contributed by atoms with Crippen LogP contribution in [0.25, 0.3) is 11.1 Å². The van der Waals surface area contributed by atoms with Crippen LogP contribution in [0.15, 0.2) is 58.2 Å². The molecule has 3 aromatic rings. The van der Waals surface area contributed by atoms with E-state index in [1.165, 1.54) is 11.8 Å². The Balaban J connectivity index is 1.74. The highest BCUT2D eigenvalue weighted by Crippen LogP contribution is 2.50. The van der Waals surface area contributed by atoms with Gasteiger partial charge in [-0.05, 0) is 78.3 Å². The van der Waals surface area contributed by atoms with Crippen LogP contribution in [-0.2, 0) is 11.2 Å². The molecule has 1 aliphatic rings. The summed E-state index contributed by atoms with van der Waals surface area (Å²) in [6.45, 7) is -0.219. The summed E-state index contributed by atoms with van der Waals surface area (Å²) in [6, 6.07) is 13.2. The second kappa shape index (κ2) is 12.0. The van der Waals surface area contributed by atoms with Crippen LogP contribution >= 0.6 is 11.8 Å². The van der Waals surface area contributed by atoms with Crippen molar-refractivity contribution >= 4 is 24.0 Å². The van der Waals surface area contributed by atoms with Crippen LogP contribution in [0.4, 0.5) is 0 Å². The summed E-state index contributed by atoms with van der Waals surface area (Å²) in [7, 11) is 4.68. The number of methoxy groups -OCH3 is 3. The van der Waals surface area contributed by atoms with Gasteiger partial charge in [-0.15, -0.1) is 11.8 Å². The third-order valence-electron chi connectivity index (χ3n) is 6.44. The van der Waals surface area contributed by atoms with Gasteiger partial charge < -0.3 is 24.3 Å². The topological polar surface area (TPSA) is 100 Å². The third kappa shape index (κ3) is 5.47. The Morgan fingerprint density at radius 3 is 2.39 bits per heavy atom. The predicted molar refractivity (Wildman–Crippen MR) is 146 cm³/mol. The Morgan fingerprint density at radius 1 is 1.03 bits per heavy atom. The van der Waals surface area contributed by atoms with Crippen LogP contribution in [0.3, 0.4) is 0 Å². The number of carbonyl (C=O) groups is 2. The van der Waals surface area contributed by atoms with Crippen molar-refractivity contribution in [3.05, 3.63) is 75.4 Å². The van der Waals surface area contributed by atoms with Crippen LogP contribution in [-0.4, -0.2) is 46.4 Å². The number of aldehydes is 1. The quantitative estimate of drug-likeness (QED) is 0.317. The van der Waals surface area contributed by atoms with E-state index in [1.807, 2.05) is 18.4 Å². The molecule has 0 aromatic heterocycles. The largest absolute Gasteiger partial charge is 0.493 e. The maximum atomic E-state index is 13.1. The number of carbonyl (C=O) groups excluding carboxylic acids is 2. The molecule has 0 heterocycles. The summed E-state index contributed by atoms with van der Waals surface area (Å²) in [6.07, 6.45) is 3.72. The van der Waals surface area contributed by atoms with Crippen LogP contribution in [0.5, 0.6) is 23.0 Å². The van der Waals surface area contributed by atoms with Crippen molar-refractivity contribution in [3.8, 4) is 34.1 Å². The number of hydrogen-bond donors (Lipinski definition) is 1.